The van der Waals surface area contributed by atoms with Crippen molar-refractivity contribution in [2.24, 2.45) is 0 Å². The Morgan fingerprint density at radius 1 is 1.22 bits per heavy atom. The van der Waals surface area contributed by atoms with Crippen molar-refractivity contribution < 1.29 is 9.18 Å². The van der Waals surface area contributed by atoms with Crippen LogP contribution < -0.4 is 10.5 Å². The first-order chi connectivity index (χ1) is 15.5. The smallest absolute Gasteiger partial charge is 0.272 e. The summed E-state index contributed by atoms with van der Waals surface area (Å²) < 4.78 is 15.0. The maximum Gasteiger partial charge on any atom is 0.272 e. The zero-order valence-corrected chi connectivity index (χ0v) is 19.2. The maximum absolute atomic E-state index is 13.5. The second-order valence-corrected chi connectivity index (χ2v) is 10.4. The van der Waals surface area contributed by atoms with E-state index in [0.29, 0.717) is 22.3 Å². The highest BCUT2D eigenvalue weighted by atomic mass is 32.2. The number of halogens is 1. The standard InChI is InChI=1S/C24H22FN3O2S2/c1-15-13-19-22(32-15)23(30)28(18-10-8-17(25)9-11-18)24(26-19)31-14-21(29)27-12-4-6-16-5-2-3-7-20(16)27/h2-3,5,7-11,15H,4,6,12-14H2,1H3. The normalized spacial score (nSPS) is 17.2. The molecule has 8 heteroatoms. The summed E-state index contributed by atoms with van der Waals surface area (Å²) in [6.07, 6.45) is 2.62. The van der Waals surface area contributed by atoms with Crippen LogP contribution in [-0.2, 0) is 17.6 Å². The highest BCUT2D eigenvalue weighted by molar-refractivity contribution is 8.00. The second-order valence-electron chi connectivity index (χ2n) is 7.99. The zero-order chi connectivity index (χ0) is 22.2. The molecule has 0 saturated heterocycles. The van der Waals surface area contributed by atoms with E-state index in [9.17, 15) is 14.0 Å². The molecule has 0 radical (unpaired) electrons. The molecule has 3 aromatic rings. The summed E-state index contributed by atoms with van der Waals surface area (Å²) in [7, 11) is 0. The first-order valence-electron chi connectivity index (χ1n) is 10.6. The zero-order valence-electron chi connectivity index (χ0n) is 17.6. The summed E-state index contributed by atoms with van der Waals surface area (Å²) in [6, 6.07) is 13.8. The van der Waals surface area contributed by atoms with Crippen molar-refractivity contribution in [3.63, 3.8) is 0 Å². The minimum absolute atomic E-state index is 0.00898. The van der Waals surface area contributed by atoms with Crippen molar-refractivity contribution in [2.75, 3.05) is 17.2 Å². The van der Waals surface area contributed by atoms with Gasteiger partial charge in [-0.15, -0.1) is 11.8 Å². The Morgan fingerprint density at radius 3 is 2.81 bits per heavy atom. The number of para-hydroxylation sites is 1. The molecule has 1 amide bonds. The molecule has 0 N–H and O–H groups in total. The Hall–Kier alpha value is -2.58. The number of thioether (sulfide) groups is 2. The van der Waals surface area contributed by atoms with Crippen LogP contribution in [-0.4, -0.2) is 33.0 Å². The van der Waals surface area contributed by atoms with Crippen molar-refractivity contribution in [3.8, 4) is 5.69 Å². The number of carbonyl (C=O) groups excluding carboxylic acids is 1. The molecule has 3 heterocycles. The molecule has 2 aliphatic rings. The molecule has 0 fully saturated rings. The van der Waals surface area contributed by atoms with Gasteiger partial charge in [-0.1, -0.05) is 36.9 Å². The number of amides is 1. The predicted octanol–water partition coefficient (Wildman–Crippen LogP) is 4.48. The molecule has 0 saturated carbocycles. The summed E-state index contributed by atoms with van der Waals surface area (Å²) >= 11 is 2.78. The third-order valence-electron chi connectivity index (χ3n) is 5.70. The van der Waals surface area contributed by atoms with Crippen LogP contribution in [0.5, 0.6) is 0 Å². The minimum Gasteiger partial charge on any atom is -0.311 e. The maximum atomic E-state index is 13.5. The predicted molar refractivity (Wildman–Crippen MR) is 127 cm³/mol. The summed E-state index contributed by atoms with van der Waals surface area (Å²) in [4.78, 5) is 33.7. The van der Waals surface area contributed by atoms with Gasteiger partial charge in [0.15, 0.2) is 5.16 Å². The quantitative estimate of drug-likeness (QED) is 0.418. The fourth-order valence-electron chi connectivity index (χ4n) is 4.21. The molecule has 164 valence electrons. The third-order valence-corrected chi connectivity index (χ3v) is 7.84. The van der Waals surface area contributed by atoms with E-state index in [2.05, 4.69) is 13.0 Å². The monoisotopic (exact) mass is 467 g/mol. The average molecular weight is 468 g/mol. The Kier molecular flexibility index (Phi) is 5.82. The van der Waals surface area contributed by atoms with E-state index in [1.807, 2.05) is 23.1 Å². The summed E-state index contributed by atoms with van der Waals surface area (Å²) in [5, 5.41) is 0.743. The molecule has 0 aliphatic carbocycles. The van der Waals surface area contributed by atoms with E-state index in [0.717, 1.165) is 30.6 Å². The first-order valence-corrected chi connectivity index (χ1v) is 12.5. The van der Waals surface area contributed by atoms with Crippen molar-refractivity contribution in [3.05, 3.63) is 76.0 Å². The number of anilines is 1. The molecule has 32 heavy (non-hydrogen) atoms. The average Bonchev–Trinajstić information content (AvgIpc) is 3.18. The van der Waals surface area contributed by atoms with Crippen LogP contribution in [0.3, 0.4) is 0 Å². The number of hydrogen-bond donors (Lipinski definition) is 0. The van der Waals surface area contributed by atoms with Gasteiger partial charge in [0.2, 0.25) is 5.91 Å². The molecule has 1 atom stereocenters. The molecule has 0 bridgehead atoms. The highest BCUT2D eigenvalue weighted by Crippen LogP contribution is 2.35. The SMILES string of the molecule is CC1Cc2nc(SCC(=O)N3CCCc4ccccc43)n(-c3ccc(F)cc3)c(=O)c2S1. The van der Waals surface area contributed by atoms with E-state index in [1.54, 1.807) is 12.1 Å². The minimum atomic E-state index is -0.368. The van der Waals surface area contributed by atoms with Crippen molar-refractivity contribution in [2.45, 2.75) is 41.5 Å². The lowest BCUT2D eigenvalue weighted by Crippen LogP contribution is -2.36. The summed E-state index contributed by atoms with van der Waals surface area (Å²) in [5.74, 6) is -0.207. The van der Waals surface area contributed by atoms with Gasteiger partial charge in [-0.3, -0.25) is 14.2 Å². The van der Waals surface area contributed by atoms with E-state index in [4.69, 9.17) is 4.98 Å². The fourth-order valence-corrected chi connectivity index (χ4v) is 6.21. The van der Waals surface area contributed by atoms with Crippen molar-refractivity contribution in [1.82, 2.24) is 9.55 Å². The topological polar surface area (TPSA) is 55.2 Å². The van der Waals surface area contributed by atoms with Crippen LogP contribution in [0.25, 0.3) is 5.69 Å². The largest absolute Gasteiger partial charge is 0.311 e. The van der Waals surface area contributed by atoms with Crippen LogP contribution in [0.1, 0.15) is 24.6 Å². The lowest BCUT2D eigenvalue weighted by Gasteiger charge is -2.29. The molecule has 2 aromatic carbocycles. The number of benzene rings is 2. The van der Waals surface area contributed by atoms with Crippen LogP contribution in [0, 0.1) is 5.82 Å². The van der Waals surface area contributed by atoms with Crippen molar-refractivity contribution >= 4 is 35.1 Å². The van der Waals surface area contributed by atoms with Crippen molar-refractivity contribution in [1.29, 1.82) is 0 Å². The third kappa shape index (κ3) is 3.97. The molecule has 1 aromatic heterocycles. The lowest BCUT2D eigenvalue weighted by atomic mass is 10.0. The molecular weight excluding hydrogens is 445 g/mol. The Morgan fingerprint density at radius 2 is 2.00 bits per heavy atom. The van der Waals surface area contributed by atoms with E-state index in [1.165, 1.54) is 45.8 Å². The van der Waals surface area contributed by atoms with E-state index in [-0.39, 0.29) is 28.3 Å². The van der Waals surface area contributed by atoms with Gasteiger partial charge in [0, 0.05) is 23.9 Å². The van der Waals surface area contributed by atoms with Gasteiger partial charge in [0.25, 0.3) is 5.56 Å². The van der Waals surface area contributed by atoms with Crippen LogP contribution in [0.15, 0.2) is 63.4 Å². The van der Waals surface area contributed by atoms with Gasteiger partial charge >= 0.3 is 0 Å². The molecule has 0 spiro atoms. The van der Waals surface area contributed by atoms with Gasteiger partial charge < -0.3 is 4.90 Å². The number of nitrogens with zero attached hydrogens (tertiary/aromatic N) is 3. The first kappa shape index (κ1) is 21.3. The van der Waals surface area contributed by atoms with Gasteiger partial charge in [-0.2, -0.15) is 0 Å². The Balaban J connectivity index is 1.47. The number of aromatic nitrogens is 2. The lowest BCUT2D eigenvalue weighted by molar-refractivity contribution is -0.116. The Bertz CT molecular complexity index is 1240. The number of rotatable bonds is 4. The van der Waals surface area contributed by atoms with Gasteiger partial charge in [0.1, 0.15) is 5.82 Å². The highest BCUT2D eigenvalue weighted by Gasteiger charge is 2.28. The van der Waals surface area contributed by atoms with Gasteiger partial charge in [0.05, 0.1) is 22.0 Å². The molecule has 1 unspecified atom stereocenters. The summed E-state index contributed by atoms with van der Waals surface area (Å²) in [5.41, 5.74) is 3.32. The molecule has 5 nitrogen and oxygen atoms in total. The number of fused-ring (bicyclic) bond motifs is 2. The Labute approximate surface area is 194 Å². The number of hydrogen-bond acceptors (Lipinski definition) is 5. The van der Waals surface area contributed by atoms with Gasteiger partial charge in [-0.25, -0.2) is 9.37 Å². The van der Waals surface area contributed by atoms with E-state index < -0.39 is 0 Å². The molecule has 5 rings (SSSR count). The number of aryl methyl sites for hydroxylation is 1. The van der Waals surface area contributed by atoms with Crippen LogP contribution in [0.2, 0.25) is 0 Å². The number of carbonyl (C=O) groups is 1. The van der Waals surface area contributed by atoms with Crippen LogP contribution in [0.4, 0.5) is 10.1 Å². The van der Waals surface area contributed by atoms with E-state index >= 15 is 0 Å². The fraction of sp³-hybridized carbons (Fsp3) is 0.292. The molecule has 2 aliphatic heterocycles. The molecular formula is C24H22FN3O2S2. The summed E-state index contributed by atoms with van der Waals surface area (Å²) in [6.45, 7) is 2.76. The van der Waals surface area contributed by atoms with Crippen LogP contribution >= 0.6 is 23.5 Å². The second kappa shape index (κ2) is 8.75. The van der Waals surface area contributed by atoms with Gasteiger partial charge in [-0.05, 0) is 48.7 Å².